The molecule has 1 aromatic heterocycles. The molecule has 0 spiro atoms. The smallest absolute Gasteiger partial charge is 0.126 e. The van der Waals surface area contributed by atoms with E-state index >= 15 is 0 Å². The highest BCUT2D eigenvalue weighted by molar-refractivity contribution is 5.57. The number of para-hydroxylation sites is 1. The molecule has 0 radical (unpaired) electrons. The normalized spacial score (nSPS) is 16.2. The molecule has 1 atom stereocenters. The fourth-order valence-electron chi connectivity index (χ4n) is 3.23. The van der Waals surface area contributed by atoms with Gasteiger partial charge in [0.05, 0.1) is 25.0 Å². The van der Waals surface area contributed by atoms with Gasteiger partial charge in [0.25, 0.3) is 0 Å². The zero-order valence-electron chi connectivity index (χ0n) is 15.8. The molecule has 3 rings (SSSR count). The number of hydrogen-bond acceptors (Lipinski definition) is 5. The molecule has 26 heavy (non-hydrogen) atoms. The van der Waals surface area contributed by atoms with Gasteiger partial charge >= 0.3 is 0 Å². The summed E-state index contributed by atoms with van der Waals surface area (Å²) >= 11 is 0. The van der Waals surface area contributed by atoms with Gasteiger partial charge in [0.1, 0.15) is 11.9 Å². The Morgan fingerprint density at radius 2 is 2.12 bits per heavy atom. The van der Waals surface area contributed by atoms with Gasteiger partial charge in [0.2, 0.25) is 0 Å². The van der Waals surface area contributed by atoms with Gasteiger partial charge < -0.3 is 14.7 Å². The van der Waals surface area contributed by atoms with Crippen molar-refractivity contribution in [2.24, 2.45) is 0 Å². The van der Waals surface area contributed by atoms with Gasteiger partial charge in [-0.25, -0.2) is 0 Å². The molecule has 0 aliphatic carbocycles. The van der Waals surface area contributed by atoms with Gasteiger partial charge in [-0.2, -0.15) is 5.10 Å². The Morgan fingerprint density at radius 1 is 1.31 bits per heavy atom. The van der Waals surface area contributed by atoms with Crippen LogP contribution in [0.1, 0.15) is 23.1 Å². The van der Waals surface area contributed by atoms with Crippen molar-refractivity contribution in [3.8, 4) is 5.75 Å². The molecule has 0 unspecified atom stereocenters. The van der Waals surface area contributed by atoms with Crippen LogP contribution in [-0.2, 0) is 13.1 Å². The van der Waals surface area contributed by atoms with E-state index in [1.807, 2.05) is 47.9 Å². The lowest BCUT2D eigenvalue weighted by atomic mass is 10.2. The number of rotatable bonds is 7. The molecule has 0 bridgehead atoms. The first kappa shape index (κ1) is 18.6. The third-order valence-corrected chi connectivity index (χ3v) is 4.58. The van der Waals surface area contributed by atoms with Crippen LogP contribution >= 0.6 is 0 Å². The lowest BCUT2D eigenvalue weighted by molar-refractivity contribution is 0.133. The predicted octanol–water partition coefficient (Wildman–Crippen LogP) is 2.02. The summed E-state index contributed by atoms with van der Waals surface area (Å²) in [7, 11) is 5.60. The van der Waals surface area contributed by atoms with Crippen LogP contribution in [0.25, 0.3) is 6.08 Å². The topological polar surface area (TPSA) is 53.8 Å². The number of benzene rings is 1. The van der Waals surface area contributed by atoms with Crippen LogP contribution < -0.4 is 4.74 Å². The lowest BCUT2D eigenvalue weighted by Gasteiger charge is -2.26. The molecule has 0 fully saturated rings. The highest BCUT2D eigenvalue weighted by Gasteiger charge is 2.20. The molecular weight excluding hydrogens is 328 g/mol. The number of aliphatic hydroxyl groups excluding tert-OH is 1. The van der Waals surface area contributed by atoms with Crippen molar-refractivity contribution in [3.05, 3.63) is 53.4 Å². The lowest BCUT2D eigenvalue weighted by Crippen LogP contribution is -2.33. The van der Waals surface area contributed by atoms with Gasteiger partial charge in [-0.3, -0.25) is 9.58 Å². The van der Waals surface area contributed by atoms with Gasteiger partial charge in [-0.1, -0.05) is 30.4 Å². The van der Waals surface area contributed by atoms with Crippen molar-refractivity contribution in [2.75, 3.05) is 40.8 Å². The van der Waals surface area contributed by atoms with E-state index < -0.39 is 6.10 Å². The second-order valence-electron chi connectivity index (χ2n) is 6.94. The van der Waals surface area contributed by atoms with E-state index in [-0.39, 0.29) is 0 Å². The third kappa shape index (κ3) is 4.52. The van der Waals surface area contributed by atoms with Crippen molar-refractivity contribution in [3.63, 3.8) is 0 Å². The Labute approximate surface area is 155 Å². The Bertz CT molecular complexity index is 754. The molecule has 6 nitrogen and oxygen atoms in total. The molecule has 6 heteroatoms. The zero-order valence-corrected chi connectivity index (χ0v) is 15.8. The van der Waals surface area contributed by atoms with Gasteiger partial charge in [0.15, 0.2) is 0 Å². The molecule has 0 amide bonds. The predicted molar refractivity (Wildman–Crippen MR) is 103 cm³/mol. The number of nitrogens with zero attached hydrogens (tertiary/aromatic N) is 4. The molecule has 140 valence electrons. The maximum absolute atomic E-state index is 10.3. The first-order chi connectivity index (χ1) is 12.6. The second kappa shape index (κ2) is 8.49. The van der Waals surface area contributed by atoms with Crippen LogP contribution in [0.5, 0.6) is 5.75 Å². The quantitative estimate of drug-likeness (QED) is 0.823. The monoisotopic (exact) mass is 356 g/mol. The van der Waals surface area contributed by atoms with Gasteiger partial charge in [-0.15, -0.1) is 0 Å². The van der Waals surface area contributed by atoms with Crippen molar-refractivity contribution in [2.45, 2.75) is 19.2 Å². The van der Waals surface area contributed by atoms with Crippen molar-refractivity contribution >= 4 is 6.08 Å². The van der Waals surface area contributed by atoms with E-state index in [0.717, 1.165) is 48.9 Å². The number of methoxy groups -OCH3 is 1. The molecular formula is C20H28N4O2. The average molecular weight is 356 g/mol. The van der Waals surface area contributed by atoms with Crippen molar-refractivity contribution in [1.82, 2.24) is 19.6 Å². The second-order valence-corrected chi connectivity index (χ2v) is 6.94. The summed E-state index contributed by atoms with van der Waals surface area (Å²) in [6, 6.07) is 10.1. The average Bonchev–Trinajstić information content (AvgIpc) is 3.05. The maximum atomic E-state index is 10.3. The Hall–Kier alpha value is -2.15. The van der Waals surface area contributed by atoms with Crippen LogP contribution in [0.2, 0.25) is 0 Å². The summed E-state index contributed by atoms with van der Waals surface area (Å²) in [6.45, 7) is 4.11. The van der Waals surface area contributed by atoms with E-state index in [1.165, 1.54) is 0 Å². The van der Waals surface area contributed by atoms with E-state index in [1.54, 1.807) is 7.11 Å². The van der Waals surface area contributed by atoms with E-state index in [9.17, 15) is 5.11 Å². The minimum Gasteiger partial charge on any atom is -0.496 e. The Balaban J connectivity index is 1.60. The van der Waals surface area contributed by atoms with Crippen molar-refractivity contribution in [1.29, 1.82) is 0 Å². The summed E-state index contributed by atoms with van der Waals surface area (Å²) < 4.78 is 7.41. The van der Waals surface area contributed by atoms with Crippen LogP contribution in [0.3, 0.4) is 0 Å². The summed E-state index contributed by atoms with van der Waals surface area (Å²) in [6.07, 6.45) is 3.74. The highest BCUT2D eigenvalue weighted by atomic mass is 16.5. The largest absolute Gasteiger partial charge is 0.496 e. The van der Waals surface area contributed by atoms with Crippen LogP contribution in [0.15, 0.2) is 36.4 Å². The first-order valence-electron chi connectivity index (χ1n) is 8.98. The number of aliphatic hydroxyl groups is 1. The summed E-state index contributed by atoms with van der Waals surface area (Å²) in [4.78, 5) is 4.35. The molecule has 0 saturated carbocycles. The minimum absolute atomic E-state index is 0.540. The number of aromatic nitrogens is 2. The molecule has 0 saturated heterocycles. The van der Waals surface area contributed by atoms with Crippen molar-refractivity contribution < 1.29 is 9.84 Å². The van der Waals surface area contributed by atoms with Crippen LogP contribution in [0, 0.1) is 0 Å². The molecule has 1 N–H and O–H groups in total. The van der Waals surface area contributed by atoms with E-state index in [2.05, 4.69) is 28.2 Å². The molecule has 1 aliphatic rings. The van der Waals surface area contributed by atoms with Gasteiger partial charge in [0, 0.05) is 31.7 Å². The van der Waals surface area contributed by atoms with Crippen LogP contribution in [-0.4, -0.2) is 65.5 Å². The zero-order chi connectivity index (χ0) is 18.5. The third-order valence-electron chi connectivity index (χ3n) is 4.58. The highest BCUT2D eigenvalue weighted by Crippen LogP contribution is 2.20. The summed E-state index contributed by atoms with van der Waals surface area (Å²) in [5.74, 6) is 0.889. The first-order valence-corrected chi connectivity index (χ1v) is 8.98. The van der Waals surface area contributed by atoms with Gasteiger partial charge in [-0.05, 0) is 26.2 Å². The standard InChI is InChI=1S/C20H28N4O2/c1-22(2)15-19(25)18-13-17-14-23(11-12-24(17)21-18)10-6-8-16-7-4-5-9-20(16)26-3/h4-9,13,19,25H,10-12,14-15H2,1-3H3/b8-6+/t19-/m0/s1. The molecule has 2 aromatic rings. The fraction of sp³-hybridized carbons (Fsp3) is 0.450. The SMILES string of the molecule is COc1ccccc1/C=C/CN1CCn2nc([C@@H](O)CN(C)C)cc2C1. The van der Waals surface area contributed by atoms with E-state index in [0.29, 0.717) is 6.54 Å². The molecule has 2 heterocycles. The summed E-state index contributed by atoms with van der Waals surface area (Å²) in [5.41, 5.74) is 3.01. The number of likely N-dealkylation sites (N-methyl/N-ethyl adjacent to an activating group) is 1. The van der Waals surface area contributed by atoms with E-state index in [4.69, 9.17) is 4.74 Å². The summed E-state index contributed by atoms with van der Waals surface area (Å²) in [5, 5.41) is 14.8. The maximum Gasteiger partial charge on any atom is 0.126 e. The number of fused-ring (bicyclic) bond motifs is 1. The number of hydrogen-bond donors (Lipinski definition) is 1. The molecule has 1 aliphatic heterocycles. The van der Waals surface area contributed by atoms with Crippen LogP contribution in [0.4, 0.5) is 0 Å². The minimum atomic E-state index is -0.540. The fourth-order valence-corrected chi connectivity index (χ4v) is 3.23. The number of ether oxygens (including phenoxy) is 1. The molecule has 1 aromatic carbocycles. The Morgan fingerprint density at radius 3 is 2.88 bits per heavy atom. The Kier molecular flexibility index (Phi) is 6.08.